The standard InChI is InChI=1S/C16H18F3N3O2/c1-3-10(2)20-13(23)7-8-14-21-15(22-24-14)11-5-4-6-12(9-11)16(17,18)19/h4-6,9-10H,3,7-8H2,1-2H3,(H,20,23)/t10-/m0/s1. The molecule has 8 heteroatoms. The van der Waals surface area contributed by atoms with Crippen molar-refractivity contribution in [1.29, 1.82) is 0 Å². The fourth-order valence-corrected chi connectivity index (χ4v) is 1.98. The van der Waals surface area contributed by atoms with E-state index in [1.54, 1.807) is 0 Å². The van der Waals surface area contributed by atoms with Crippen molar-refractivity contribution >= 4 is 5.91 Å². The molecule has 0 unspecified atom stereocenters. The zero-order valence-corrected chi connectivity index (χ0v) is 13.4. The van der Waals surface area contributed by atoms with Gasteiger partial charge in [0.15, 0.2) is 0 Å². The summed E-state index contributed by atoms with van der Waals surface area (Å²) in [5.41, 5.74) is -0.567. The first-order valence-electron chi connectivity index (χ1n) is 7.59. The number of halogens is 3. The summed E-state index contributed by atoms with van der Waals surface area (Å²) in [6.07, 6.45) is -3.20. The Morgan fingerprint density at radius 3 is 2.79 bits per heavy atom. The van der Waals surface area contributed by atoms with Crippen LogP contribution in [0.15, 0.2) is 28.8 Å². The molecule has 0 aliphatic rings. The predicted octanol–water partition coefficient (Wildman–Crippen LogP) is 3.60. The zero-order chi connectivity index (χ0) is 17.7. The largest absolute Gasteiger partial charge is 0.416 e. The minimum absolute atomic E-state index is 0.0680. The Kier molecular flexibility index (Phi) is 5.58. The Balaban J connectivity index is 2.02. The van der Waals surface area contributed by atoms with E-state index >= 15 is 0 Å². The first kappa shape index (κ1) is 18.0. The van der Waals surface area contributed by atoms with E-state index in [2.05, 4.69) is 15.5 Å². The minimum atomic E-state index is -4.43. The first-order valence-corrected chi connectivity index (χ1v) is 7.59. The Morgan fingerprint density at radius 2 is 2.12 bits per heavy atom. The van der Waals surface area contributed by atoms with Crippen LogP contribution in [0.2, 0.25) is 0 Å². The molecule has 0 bridgehead atoms. The van der Waals surface area contributed by atoms with E-state index in [1.165, 1.54) is 12.1 Å². The number of nitrogens with zero attached hydrogens (tertiary/aromatic N) is 2. The maximum Gasteiger partial charge on any atom is 0.416 e. The summed E-state index contributed by atoms with van der Waals surface area (Å²) in [5, 5.41) is 6.49. The second kappa shape index (κ2) is 7.46. The molecule has 2 aromatic rings. The van der Waals surface area contributed by atoms with E-state index in [4.69, 9.17) is 4.52 Å². The van der Waals surface area contributed by atoms with E-state index < -0.39 is 11.7 Å². The highest BCUT2D eigenvalue weighted by Gasteiger charge is 2.30. The third-order valence-corrected chi connectivity index (χ3v) is 3.50. The second-order valence-electron chi connectivity index (χ2n) is 5.47. The van der Waals surface area contributed by atoms with Gasteiger partial charge in [-0.2, -0.15) is 18.2 Å². The molecule has 1 atom stereocenters. The van der Waals surface area contributed by atoms with Crippen molar-refractivity contribution < 1.29 is 22.5 Å². The second-order valence-corrected chi connectivity index (χ2v) is 5.47. The first-order chi connectivity index (χ1) is 11.3. The quantitative estimate of drug-likeness (QED) is 0.872. The van der Waals surface area contributed by atoms with Crippen LogP contribution in [0.3, 0.4) is 0 Å². The summed E-state index contributed by atoms with van der Waals surface area (Å²) in [4.78, 5) is 15.7. The average molecular weight is 341 g/mol. The molecule has 0 aliphatic carbocycles. The number of hydrogen-bond donors (Lipinski definition) is 1. The molecular formula is C16H18F3N3O2. The summed E-state index contributed by atoms with van der Waals surface area (Å²) in [7, 11) is 0. The molecule has 5 nitrogen and oxygen atoms in total. The summed E-state index contributed by atoms with van der Waals surface area (Å²) >= 11 is 0. The van der Waals surface area contributed by atoms with E-state index in [-0.39, 0.29) is 42.1 Å². The van der Waals surface area contributed by atoms with Crippen LogP contribution in [-0.2, 0) is 17.4 Å². The number of carbonyl (C=O) groups excluding carboxylic acids is 1. The topological polar surface area (TPSA) is 68.0 Å². The lowest BCUT2D eigenvalue weighted by atomic mass is 10.1. The average Bonchev–Trinajstić information content (AvgIpc) is 3.01. The van der Waals surface area contributed by atoms with Crippen molar-refractivity contribution in [1.82, 2.24) is 15.5 Å². The van der Waals surface area contributed by atoms with Crippen LogP contribution >= 0.6 is 0 Å². The predicted molar refractivity (Wildman–Crippen MR) is 81.0 cm³/mol. The molecule has 130 valence electrons. The summed E-state index contributed by atoms with van der Waals surface area (Å²) in [6, 6.07) is 4.78. The van der Waals surface area contributed by atoms with Crippen molar-refractivity contribution in [2.75, 3.05) is 0 Å². The van der Waals surface area contributed by atoms with Gasteiger partial charge in [-0.1, -0.05) is 24.2 Å². The van der Waals surface area contributed by atoms with Gasteiger partial charge in [0, 0.05) is 24.4 Å². The maximum absolute atomic E-state index is 12.7. The van der Waals surface area contributed by atoms with Gasteiger partial charge in [0.25, 0.3) is 0 Å². The van der Waals surface area contributed by atoms with Gasteiger partial charge in [0.1, 0.15) is 0 Å². The minimum Gasteiger partial charge on any atom is -0.354 e. The molecule has 1 heterocycles. The van der Waals surface area contributed by atoms with Gasteiger partial charge in [-0.15, -0.1) is 0 Å². The summed E-state index contributed by atoms with van der Waals surface area (Å²) in [6.45, 7) is 3.86. The van der Waals surface area contributed by atoms with Crippen molar-refractivity contribution in [3.8, 4) is 11.4 Å². The Labute approximate surface area is 137 Å². The van der Waals surface area contributed by atoms with Gasteiger partial charge in [0.05, 0.1) is 5.56 Å². The van der Waals surface area contributed by atoms with Crippen molar-refractivity contribution in [2.45, 2.75) is 45.3 Å². The SMILES string of the molecule is CC[C@H](C)NC(=O)CCc1nc(-c2cccc(C(F)(F)F)c2)no1. The van der Waals surface area contributed by atoms with Crippen LogP contribution in [0, 0.1) is 0 Å². The molecule has 1 aromatic heterocycles. The number of nitrogens with one attached hydrogen (secondary N) is 1. The monoisotopic (exact) mass is 341 g/mol. The molecule has 0 aliphatic heterocycles. The molecule has 1 N–H and O–H groups in total. The number of amides is 1. The number of carbonyl (C=O) groups is 1. The van der Waals surface area contributed by atoms with Gasteiger partial charge < -0.3 is 9.84 Å². The summed E-state index contributed by atoms with van der Waals surface area (Å²) < 4.78 is 43.2. The van der Waals surface area contributed by atoms with Crippen LogP contribution in [0.4, 0.5) is 13.2 Å². The number of aromatic nitrogens is 2. The van der Waals surface area contributed by atoms with Crippen LogP contribution in [0.5, 0.6) is 0 Å². The molecule has 1 amide bonds. The van der Waals surface area contributed by atoms with Gasteiger partial charge in [-0.05, 0) is 25.5 Å². The smallest absolute Gasteiger partial charge is 0.354 e. The molecule has 0 fully saturated rings. The van der Waals surface area contributed by atoms with Gasteiger partial charge >= 0.3 is 6.18 Å². The number of aryl methyl sites for hydroxylation is 1. The van der Waals surface area contributed by atoms with E-state index in [1.807, 2.05) is 13.8 Å². The van der Waals surface area contributed by atoms with Gasteiger partial charge in [-0.3, -0.25) is 4.79 Å². The molecule has 24 heavy (non-hydrogen) atoms. The summed E-state index contributed by atoms with van der Waals surface area (Å²) in [5.74, 6) is 0.142. The molecule has 0 spiro atoms. The molecule has 0 saturated heterocycles. The number of hydrogen-bond acceptors (Lipinski definition) is 4. The highest BCUT2D eigenvalue weighted by atomic mass is 19.4. The molecule has 2 rings (SSSR count). The van der Waals surface area contributed by atoms with Gasteiger partial charge in [0.2, 0.25) is 17.6 Å². The van der Waals surface area contributed by atoms with E-state index in [9.17, 15) is 18.0 Å². The zero-order valence-electron chi connectivity index (χ0n) is 13.4. The Morgan fingerprint density at radius 1 is 1.38 bits per heavy atom. The number of alkyl halides is 3. The Bertz CT molecular complexity index is 698. The number of benzene rings is 1. The van der Waals surface area contributed by atoms with Crippen molar-refractivity contribution in [3.05, 3.63) is 35.7 Å². The van der Waals surface area contributed by atoms with Crippen LogP contribution < -0.4 is 5.32 Å². The lowest BCUT2D eigenvalue weighted by molar-refractivity contribution is -0.137. The highest BCUT2D eigenvalue weighted by Crippen LogP contribution is 2.31. The fourth-order valence-electron chi connectivity index (χ4n) is 1.98. The van der Waals surface area contributed by atoms with E-state index in [0.29, 0.717) is 0 Å². The van der Waals surface area contributed by atoms with Crippen molar-refractivity contribution in [3.63, 3.8) is 0 Å². The van der Waals surface area contributed by atoms with E-state index in [0.717, 1.165) is 18.6 Å². The Hall–Kier alpha value is -2.38. The third kappa shape index (κ3) is 4.81. The van der Waals surface area contributed by atoms with Crippen LogP contribution in [0.25, 0.3) is 11.4 Å². The normalized spacial score (nSPS) is 12.9. The van der Waals surface area contributed by atoms with Crippen LogP contribution in [-0.4, -0.2) is 22.1 Å². The van der Waals surface area contributed by atoms with Crippen molar-refractivity contribution in [2.24, 2.45) is 0 Å². The lowest BCUT2D eigenvalue weighted by Gasteiger charge is -2.10. The molecule has 0 saturated carbocycles. The fraction of sp³-hybridized carbons (Fsp3) is 0.438. The molecular weight excluding hydrogens is 323 g/mol. The highest BCUT2D eigenvalue weighted by molar-refractivity contribution is 5.76. The third-order valence-electron chi connectivity index (χ3n) is 3.50. The molecule has 0 radical (unpaired) electrons. The lowest BCUT2D eigenvalue weighted by Crippen LogP contribution is -2.32. The number of rotatable bonds is 6. The molecule has 1 aromatic carbocycles. The maximum atomic E-state index is 12.7. The van der Waals surface area contributed by atoms with Gasteiger partial charge in [-0.25, -0.2) is 0 Å². The van der Waals surface area contributed by atoms with Crippen LogP contribution in [0.1, 0.15) is 38.1 Å².